The first kappa shape index (κ1) is 15.0. The quantitative estimate of drug-likeness (QED) is 0.775. The largest absolute Gasteiger partial charge is 0.356 e. The van der Waals surface area contributed by atoms with Crippen LogP contribution in [-0.4, -0.2) is 37.0 Å². The van der Waals surface area contributed by atoms with Gasteiger partial charge in [-0.15, -0.1) is 0 Å². The van der Waals surface area contributed by atoms with Crippen molar-refractivity contribution in [3.63, 3.8) is 0 Å². The number of nitrogens with one attached hydrogen (secondary N) is 1. The zero-order valence-corrected chi connectivity index (χ0v) is 12.5. The van der Waals surface area contributed by atoms with E-state index in [2.05, 4.69) is 29.3 Å². The Kier molecular flexibility index (Phi) is 6.06. The van der Waals surface area contributed by atoms with Crippen molar-refractivity contribution in [2.75, 3.05) is 26.2 Å². The van der Waals surface area contributed by atoms with Gasteiger partial charge in [0.1, 0.15) is 0 Å². The van der Waals surface area contributed by atoms with Crippen molar-refractivity contribution in [3.05, 3.63) is 35.4 Å². The van der Waals surface area contributed by atoms with Gasteiger partial charge in [0.05, 0.1) is 6.42 Å². The molecular weight excluding hydrogens is 248 g/mol. The van der Waals surface area contributed by atoms with Crippen LogP contribution < -0.4 is 5.32 Å². The lowest BCUT2D eigenvalue weighted by atomic mass is 10.1. The minimum Gasteiger partial charge on any atom is -0.356 e. The van der Waals surface area contributed by atoms with Crippen molar-refractivity contribution in [1.82, 2.24) is 10.2 Å². The summed E-state index contributed by atoms with van der Waals surface area (Å²) in [5, 5.41) is 3.02. The average Bonchev–Trinajstić information content (AvgIpc) is 2.91. The van der Waals surface area contributed by atoms with E-state index in [0.29, 0.717) is 6.42 Å². The van der Waals surface area contributed by atoms with Crippen LogP contribution in [0.2, 0.25) is 0 Å². The lowest BCUT2D eigenvalue weighted by molar-refractivity contribution is -0.120. The van der Waals surface area contributed by atoms with Crippen molar-refractivity contribution in [3.8, 4) is 0 Å². The number of nitrogens with zero attached hydrogens (tertiary/aromatic N) is 1. The SMILES string of the molecule is Cc1cccc(CC(=O)NCCCCN2CCCC2)c1. The van der Waals surface area contributed by atoms with Gasteiger partial charge >= 0.3 is 0 Å². The van der Waals surface area contributed by atoms with E-state index in [1.807, 2.05) is 12.1 Å². The molecule has 1 aliphatic rings. The predicted octanol–water partition coefficient (Wildman–Crippen LogP) is 2.53. The summed E-state index contributed by atoms with van der Waals surface area (Å²) < 4.78 is 0. The number of amides is 1. The number of likely N-dealkylation sites (tertiary alicyclic amines) is 1. The predicted molar refractivity (Wildman–Crippen MR) is 82.8 cm³/mol. The monoisotopic (exact) mass is 274 g/mol. The van der Waals surface area contributed by atoms with Gasteiger partial charge in [-0.05, 0) is 57.8 Å². The molecule has 0 bridgehead atoms. The Morgan fingerprint density at radius 2 is 2.05 bits per heavy atom. The summed E-state index contributed by atoms with van der Waals surface area (Å²) in [6, 6.07) is 8.15. The van der Waals surface area contributed by atoms with Gasteiger partial charge in [0, 0.05) is 6.54 Å². The summed E-state index contributed by atoms with van der Waals surface area (Å²) in [5.41, 5.74) is 2.31. The first-order valence-electron chi connectivity index (χ1n) is 7.78. The average molecular weight is 274 g/mol. The Labute approximate surface area is 122 Å². The van der Waals surface area contributed by atoms with E-state index >= 15 is 0 Å². The van der Waals surface area contributed by atoms with Crippen LogP contribution >= 0.6 is 0 Å². The molecule has 1 aromatic rings. The van der Waals surface area contributed by atoms with Gasteiger partial charge in [-0.25, -0.2) is 0 Å². The lowest BCUT2D eigenvalue weighted by Crippen LogP contribution is -2.27. The molecule has 0 aliphatic carbocycles. The summed E-state index contributed by atoms with van der Waals surface area (Å²) in [6.07, 6.45) is 5.47. The Balaban J connectivity index is 1.55. The summed E-state index contributed by atoms with van der Waals surface area (Å²) in [4.78, 5) is 14.3. The van der Waals surface area contributed by atoms with Crippen molar-refractivity contribution in [2.45, 2.75) is 39.0 Å². The van der Waals surface area contributed by atoms with E-state index in [1.54, 1.807) is 0 Å². The molecule has 0 saturated carbocycles. The smallest absolute Gasteiger partial charge is 0.224 e. The van der Waals surface area contributed by atoms with Gasteiger partial charge < -0.3 is 10.2 Å². The maximum Gasteiger partial charge on any atom is 0.224 e. The van der Waals surface area contributed by atoms with E-state index in [0.717, 1.165) is 18.5 Å². The molecular formula is C17H26N2O. The Hall–Kier alpha value is -1.35. The van der Waals surface area contributed by atoms with Crippen molar-refractivity contribution < 1.29 is 4.79 Å². The Morgan fingerprint density at radius 1 is 1.25 bits per heavy atom. The number of unbranched alkanes of at least 4 members (excludes halogenated alkanes) is 1. The minimum atomic E-state index is 0.136. The zero-order chi connectivity index (χ0) is 14.2. The second-order valence-electron chi connectivity index (χ2n) is 5.77. The molecule has 1 N–H and O–H groups in total. The Bertz CT molecular complexity index is 425. The Morgan fingerprint density at radius 3 is 2.80 bits per heavy atom. The maximum absolute atomic E-state index is 11.8. The van der Waals surface area contributed by atoms with Crippen LogP contribution in [0, 0.1) is 6.92 Å². The summed E-state index contributed by atoms with van der Waals surface area (Å²) in [5.74, 6) is 0.136. The molecule has 3 heteroatoms. The molecule has 1 heterocycles. The van der Waals surface area contributed by atoms with Gasteiger partial charge in [-0.1, -0.05) is 29.8 Å². The van der Waals surface area contributed by atoms with Crippen LogP contribution in [0.3, 0.4) is 0 Å². The molecule has 0 atom stereocenters. The molecule has 110 valence electrons. The highest BCUT2D eigenvalue weighted by atomic mass is 16.1. The highest BCUT2D eigenvalue weighted by molar-refractivity contribution is 5.78. The molecule has 0 spiro atoms. The number of carbonyl (C=O) groups excluding carboxylic acids is 1. The van der Waals surface area contributed by atoms with Gasteiger partial charge in [-0.2, -0.15) is 0 Å². The number of carbonyl (C=O) groups is 1. The van der Waals surface area contributed by atoms with Gasteiger partial charge in [0.15, 0.2) is 0 Å². The van der Waals surface area contributed by atoms with Gasteiger partial charge in [0.25, 0.3) is 0 Å². The van der Waals surface area contributed by atoms with Crippen LogP contribution in [0.25, 0.3) is 0 Å². The number of rotatable bonds is 7. The number of aryl methyl sites for hydroxylation is 1. The highest BCUT2D eigenvalue weighted by Crippen LogP contribution is 2.08. The highest BCUT2D eigenvalue weighted by Gasteiger charge is 2.10. The summed E-state index contributed by atoms with van der Waals surface area (Å²) >= 11 is 0. The fraction of sp³-hybridized carbons (Fsp3) is 0.588. The third kappa shape index (κ3) is 5.33. The zero-order valence-electron chi connectivity index (χ0n) is 12.5. The first-order valence-corrected chi connectivity index (χ1v) is 7.78. The first-order chi connectivity index (χ1) is 9.74. The van der Waals surface area contributed by atoms with Crippen LogP contribution in [-0.2, 0) is 11.2 Å². The van der Waals surface area contributed by atoms with E-state index in [9.17, 15) is 4.79 Å². The maximum atomic E-state index is 11.8. The molecule has 20 heavy (non-hydrogen) atoms. The van der Waals surface area contributed by atoms with Crippen molar-refractivity contribution in [2.24, 2.45) is 0 Å². The van der Waals surface area contributed by atoms with E-state index in [-0.39, 0.29) is 5.91 Å². The van der Waals surface area contributed by atoms with Crippen LogP contribution in [0.1, 0.15) is 36.8 Å². The fourth-order valence-corrected chi connectivity index (χ4v) is 2.76. The molecule has 1 amide bonds. The normalized spacial score (nSPS) is 15.4. The fourth-order valence-electron chi connectivity index (χ4n) is 2.76. The third-order valence-corrected chi connectivity index (χ3v) is 3.87. The topological polar surface area (TPSA) is 32.3 Å². The molecule has 0 aromatic heterocycles. The number of hydrogen-bond acceptors (Lipinski definition) is 2. The van der Waals surface area contributed by atoms with Crippen molar-refractivity contribution >= 4 is 5.91 Å². The number of hydrogen-bond donors (Lipinski definition) is 1. The molecule has 2 rings (SSSR count). The van der Waals surface area contributed by atoms with E-state index in [1.165, 1.54) is 44.5 Å². The van der Waals surface area contributed by atoms with Crippen LogP contribution in [0.4, 0.5) is 0 Å². The van der Waals surface area contributed by atoms with E-state index < -0.39 is 0 Å². The number of benzene rings is 1. The molecule has 1 aliphatic heterocycles. The summed E-state index contributed by atoms with van der Waals surface area (Å²) in [6.45, 7) is 6.57. The molecule has 0 unspecified atom stereocenters. The second-order valence-corrected chi connectivity index (χ2v) is 5.77. The molecule has 1 aromatic carbocycles. The van der Waals surface area contributed by atoms with Crippen LogP contribution in [0.15, 0.2) is 24.3 Å². The molecule has 0 radical (unpaired) electrons. The minimum absolute atomic E-state index is 0.136. The molecule has 1 saturated heterocycles. The molecule has 1 fully saturated rings. The third-order valence-electron chi connectivity index (χ3n) is 3.87. The second kappa shape index (κ2) is 8.05. The van der Waals surface area contributed by atoms with E-state index in [4.69, 9.17) is 0 Å². The van der Waals surface area contributed by atoms with Gasteiger partial charge in [0.2, 0.25) is 5.91 Å². The molecule has 3 nitrogen and oxygen atoms in total. The van der Waals surface area contributed by atoms with Crippen LogP contribution in [0.5, 0.6) is 0 Å². The summed E-state index contributed by atoms with van der Waals surface area (Å²) in [7, 11) is 0. The van der Waals surface area contributed by atoms with Gasteiger partial charge in [-0.3, -0.25) is 4.79 Å². The standard InChI is InChI=1S/C17H26N2O/c1-15-7-6-8-16(13-15)14-17(20)18-9-2-3-10-19-11-4-5-12-19/h6-8,13H,2-5,9-12,14H2,1H3,(H,18,20). The van der Waals surface area contributed by atoms with Crippen molar-refractivity contribution in [1.29, 1.82) is 0 Å². The lowest BCUT2D eigenvalue weighted by Gasteiger charge is -2.14.